The summed E-state index contributed by atoms with van der Waals surface area (Å²) in [5.41, 5.74) is 1.18. The van der Waals surface area contributed by atoms with Gasteiger partial charge in [0, 0.05) is 45.4 Å². The van der Waals surface area contributed by atoms with Crippen molar-refractivity contribution >= 4 is 39.2 Å². The summed E-state index contributed by atoms with van der Waals surface area (Å²) in [5.74, 6) is 0.786. The van der Waals surface area contributed by atoms with Crippen molar-refractivity contribution in [2.45, 2.75) is 37.1 Å². The Balaban J connectivity index is 1.51. The molecule has 1 aromatic heterocycles. The molecule has 1 saturated carbocycles. The standard InChI is InChI=1S/C25H29BrN2O2S/c1-2-11-28-12-10-25(18-4-3-5-22(29)13-18)15-21(7-6-19(25)16-28)27-24(30)9-8-23-14-20(26)17-31-23/h2-5,8-9,13-14,17,19,21,29H,1,6-7,10-12,15-16H2,(H,27,30)/t19-,21-,25+/m1/s1. The van der Waals surface area contributed by atoms with Gasteiger partial charge in [-0.15, -0.1) is 17.9 Å². The normalized spacial score (nSPS) is 26.5. The Kier molecular flexibility index (Phi) is 6.99. The van der Waals surface area contributed by atoms with Gasteiger partial charge in [-0.3, -0.25) is 9.69 Å². The van der Waals surface area contributed by atoms with E-state index >= 15 is 0 Å². The molecule has 164 valence electrons. The van der Waals surface area contributed by atoms with Crippen LogP contribution in [0.15, 0.2) is 58.9 Å². The van der Waals surface area contributed by atoms with Gasteiger partial charge in [0.2, 0.25) is 5.91 Å². The molecule has 2 aromatic rings. The third-order valence-corrected chi connectivity index (χ3v) is 8.41. The molecule has 1 aliphatic heterocycles. The summed E-state index contributed by atoms with van der Waals surface area (Å²) in [7, 11) is 0. The Morgan fingerprint density at radius 3 is 3.00 bits per heavy atom. The number of likely N-dealkylation sites (tertiary alicyclic amines) is 1. The summed E-state index contributed by atoms with van der Waals surface area (Å²) in [6, 6.07) is 9.89. The molecule has 2 fully saturated rings. The van der Waals surface area contributed by atoms with Crippen LogP contribution in [0.5, 0.6) is 5.75 Å². The van der Waals surface area contributed by atoms with Crippen LogP contribution in [-0.4, -0.2) is 41.6 Å². The minimum Gasteiger partial charge on any atom is -0.508 e. The molecule has 0 bridgehead atoms. The van der Waals surface area contributed by atoms with Crippen molar-refractivity contribution < 1.29 is 9.90 Å². The van der Waals surface area contributed by atoms with Crippen LogP contribution in [0.2, 0.25) is 0 Å². The van der Waals surface area contributed by atoms with Gasteiger partial charge in [0.1, 0.15) is 5.75 Å². The van der Waals surface area contributed by atoms with Gasteiger partial charge in [0.05, 0.1) is 0 Å². The van der Waals surface area contributed by atoms with Crippen LogP contribution < -0.4 is 5.32 Å². The van der Waals surface area contributed by atoms with E-state index in [1.807, 2.05) is 35.7 Å². The SMILES string of the molecule is C=CCN1CC[C@@]2(c3cccc(O)c3)C[C@H](NC(=O)C=Cc3cc(Br)cs3)CC[C@@H]2C1. The number of benzene rings is 1. The molecule has 1 amide bonds. The number of thiophene rings is 1. The number of phenolic OH excluding ortho intramolecular Hbond substituents is 1. The van der Waals surface area contributed by atoms with Gasteiger partial charge in [0.15, 0.2) is 0 Å². The van der Waals surface area contributed by atoms with Gasteiger partial charge in [-0.25, -0.2) is 0 Å². The maximum absolute atomic E-state index is 12.6. The molecule has 6 heteroatoms. The first kappa shape index (κ1) is 22.3. The van der Waals surface area contributed by atoms with Crippen LogP contribution in [0.25, 0.3) is 6.08 Å². The predicted molar refractivity (Wildman–Crippen MR) is 131 cm³/mol. The number of nitrogens with one attached hydrogen (secondary N) is 1. The summed E-state index contributed by atoms with van der Waals surface area (Å²) in [4.78, 5) is 16.1. The van der Waals surface area contributed by atoms with Crippen molar-refractivity contribution in [3.63, 3.8) is 0 Å². The van der Waals surface area contributed by atoms with Gasteiger partial charge in [-0.05, 0) is 83.9 Å². The summed E-state index contributed by atoms with van der Waals surface area (Å²) in [6.45, 7) is 6.86. The largest absolute Gasteiger partial charge is 0.508 e. The fraction of sp³-hybridized carbons (Fsp3) is 0.400. The molecule has 0 spiro atoms. The number of fused-ring (bicyclic) bond motifs is 1. The Morgan fingerprint density at radius 2 is 2.26 bits per heavy atom. The van der Waals surface area contributed by atoms with Crippen molar-refractivity contribution in [3.8, 4) is 5.75 Å². The number of phenols is 1. The van der Waals surface area contributed by atoms with Gasteiger partial charge >= 0.3 is 0 Å². The predicted octanol–water partition coefficient (Wildman–Crippen LogP) is 5.34. The van der Waals surface area contributed by atoms with E-state index in [9.17, 15) is 9.90 Å². The van der Waals surface area contributed by atoms with Crippen LogP contribution in [-0.2, 0) is 10.2 Å². The van der Waals surface area contributed by atoms with Crippen LogP contribution in [0.3, 0.4) is 0 Å². The number of piperidine rings is 1. The lowest BCUT2D eigenvalue weighted by Gasteiger charge is -2.53. The number of aromatic hydroxyl groups is 1. The molecule has 2 heterocycles. The molecular formula is C25H29BrN2O2S. The van der Waals surface area contributed by atoms with E-state index in [0.29, 0.717) is 11.7 Å². The average Bonchev–Trinajstić information content (AvgIpc) is 3.18. The number of hydrogen-bond acceptors (Lipinski definition) is 4. The highest BCUT2D eigenvalue weighted by atomic mass is 79.9. The highest BCUT2D eigenvalue weighted by molar-refractivity contribution is 9.10. The minimum absolute atomic E-state index is 0.0189. The van der Waals surface area contributed by atoms with E-state index in [4.69, 9.17) is 0 Å². The van der Waals surface area contributed by atoms with Crippen molar-refractivity contribution in [2.24, 2.45) is 5.92 Å². The monoisotopic (exact) mass is 500 g/mol. The first-order chi connectivity index (χ1) is 15.0. The zero-order valence-electron chi connectivity index (χ0n) is 17.6. The molecule has 0 unspecified atom stereocenters. The lowest BCUT2D eigenvalue weighted by Crippen LogP contribution is -2.56. The summed E-state index contributed by atoms with van der Waals surface area (Å²) in [5, 5.41) is 15.4. The molecule has 2 aliphatic rings. The van der Waals surface area contributed by atoms with Crippen LogP contribution in [0, 0.1) is 5.92 Å². The third-order valence-electron chi connectivity index (χ3n) is 6.75. The van der Waals surface area contributed by atoms with Gasteiger partial charge < -0.3 is 10.4 Å². The molecule has 2 N–H and O–H groups in total. The van der Waals surface area contributed by atoms with E-state index in [1.54, 1.807) is 23.5 Å². The van der Waals surface area contributed by atoms with Crippen molar-refractivity contribution in [3.05, 3.63) is 69.4 Å². The highest BCUT2D eigenvalue weighted by Crippen LogP contribution is 2.49. The Hall–Kier alpha value is -1.89. The molecule has 31 heavy (non-hydrogen) atoms. The maximum Gasteiger partial charge on any atom is 0.244 e. The van der Waals surface area contributed by atoms with Gasteiger partial charge in [0.25, 0.3) is 0 Å². The topological polar surface area (TPSA) is 52.6 Å². The molecule has 4 rings (SSSR count). The molecule has 1 aliphatic carbocycles. The second-order valence-electron chi connectivity index (χ2n) is 8.69. The Bertz CT molecular complexity index is 972. The second kappa shape index (κ2) is 9.72. The Labute approximate surface area is 196 Å². The fourth-order valence-electron chi connectivity index (χ4n) is 5.33. The van der Waals surface area contributed by atoms with E-state index in [0.717, 1.165) is 54.7 Å². The Morgan fingerprint density at radius 1 is 1.39 bits per heavy atom. The quantitative estimate of drug-likeness (QED) is 0.415. The van der Waals surface area contributed by atoms with Crippen LogP contribution >= 0.6 is 27.3 Å². The molecule has 1 saturated heterocycles. The molecule has 4 nitrogen and oxygen atoms in total. The number of halogens is 1. The molecule has 0 radical (unpaired) electrons. The smallest absolute Gasteiger partial charge is 0.244 e. The van der Waals surface area contributed by atoms with Crippen LogP contribution in [0.4, 0.5) is 0 Å². The lowest BCUT2D eigenvalue weighted by atomic mass is 9.58. The third kappa shape index (κ3) is 5.13. The zero-order valence-corrected chi connectivity index (χ0v) is 20.0. The number of nitrogens with zero attached hydrogens (tertiary/aromatic N) is 1. The molecular weight excluding hydrogens is 472 g/mol. The van der Waals surface area contributed by atoms with E-state index < -0.39 is 0 Å². The van der Waals surface area contributed by atoms with E-state index in [-0.39, 0.29) is 17.4 Å². The summed E-state index contributed by atoms with van der Waals surface area (Å²) in [6.07, 6.45) is 9.47. The lowest BCUT2D eigenvalue weighted by molar-refractivity contribution is -0.117. The number of hydrogen-bond donors (Lipinski definition) is 2. The molecule has 1 aromatic carbocycles. The van der Waals surface area contributed by atoms with E-state index in [1.165, 1.54) is 5.56 Å². The number of rotatable bonds is 6. The highest BCUT2D eigenvalue weighted by Gasteiger charge is 2.48. The number of carbonyl (C=O) groups excluding carboxylic acids is 1. The first-order valence-corrected chi connectivity index (χ1v) is 12.5. The zero-order chi connectivity index (χ0) is 21.8. The minimum atomic E-state index is -0.0388. The van der Waals surface area contributed by atoms with E-state index in [2.05, 4.69) is 38.8 Å². The van der Waals surface area contributed by atoms with Crippen molar-refractivity contribution in [1.29, 1.82) is 0 Å². The number of carbonyl (C=O) groups is 1. The number of amides is 1. The second-order valence-corrected chi connectivity index (χ2v) is 10.5. The van der Waals surface area contributed by atoms with Crippen molar-refractivity contribution in [1.82, 2.24) is 10.2 Å². The van der Waals surface area contributed by atoms with Crippen LogP contribution in [0.1, 0.15) is 36.1 Å². The average molecular weight is 501 g/mol. The van der Waals surface area contributed by atoms with Gasteiger partial charge in [-0.2, -0.15) is 0 Å². The first-order valence-electron chi connectivity index (χ1n) is 10.8. The maximum atomic E-state index is 12.6. The molecule has 3 atom stereocenters. The fourth-order valence-corrected chi connectivity index (χ4v) is 6.66. The van der Waals surface area contributed by atoms with Gasteiger partial charge in [-0.1, -0.05) is 18.2 Å². The summed E-state index contributed by atoms with van der Waals surface area (Å²) < 4.78 is 1.03. The van der Waals surface area contributed by atoms with Crippen molar-refractivity contribution in [2.75, 3.05) is 19.6 Å². The summed E-state index contributed by atoms with van der Waals surface area (Å²) >= 11 is 5.05.